The summed E-state index contributed by atoms with van der Waals surface area (Å²) in [4.78, 5) is 30.5. The van der Waals surface area contributed by atoms with Gasteiger partial charge in [0.15, 0.2) is 0 Å². The van der Waals surface area contributed by atoms with Crippen LogP contribution in [0.25, 0.3) is 21.3 Å². The molecule has 0 bridgehead atoms. The molecule has 128 valence electrons. The van der Waals surface area contributed by atoms with E-state index in [1.54, 1.807) is 17.5 Å². The number of hydrogen-bond acceptors (Lipinski definition) is 8. The minimum atomic E-state index is -1.23. The number of thiophene rings is 1. The molecule has 25 heavy (non-hydrogen) atoms. The highest BCUT2D eigenvalue weighted by molar-refractivity contribution is 7.17. The smallest absolute Gasteiger partial charge is 0.328 e. The first-order valence-corrected chi connectivity index (χ1v) is 7.96. The van der Waals surface area contributed by atoms with Gasteiger partial charge in [0.1, 0.15) is 23.0 Å². The van der Waals surface area contributed by atoms with Gasteiger partial charge in [0.05, 0.1) is 16.9 Å². The van der Waals surface area contributed by atoms with Gasteiger partial charge >= 0.3 is 5.97 Å². The molecule has 0 radical (unpaired) electrons. The van der Waals surface area contributed by atoms with Crippen LogP contribution < -0.4 is 5.32 Å². The molecule has 3 aromatic rings. The Morgan fingerprint density at radius 2 is 2.20 bits per heavy atom. The maximum absolute atomic E-state index is 11.1. The molecular weight excluding hydrogens is 348 g/mol. The van der Waals surface area contributed by atoms with E-state index in [0.717, 1.165) is 0 Å². The van der Waals surface area contributed by atoms with Gasteiger partial charge in [-0.25, -0.2) is 14.8 Å². The largest absolute Gasteiger partial charge is 0.480 e. The number of aliphatic hydroxyl groups excluding tert-OH is 1. The maximum Gasteiger partial charge on any atom is 0.328 e. The van der Waals surface area contributed by atoms with E-state index in [1.165, 1.54) is 29.8 Å². The Balaban J connectivity index is 2.13. The molecule has 0 amide bonds. The van der Waals surface area contributed by atoms with E-state index >= 15 is 0 Å². The standard InChI is InChI=1S/C15H12N4O5S/c20-5-11(15(21)22)18-13-12-10(6-25-14(12)17-7-16-13)8-2-1-3-9(4-8)19(23)24/h1-4,6-7,11,20H,5H2,(H,21,22)(H,16,17,18). The van der Waals surface area contributed by atoms with Gasteiger partial charge in [0.25, 0.3) is 5.69 Å². The number of nitro groups is 1. The Kier molecular flexibility index (Phi) is 4.55. The second-order valence-electron chi connectivity index (χ2n) is 5.08. The fraction of sp³-hybridized carbons (Fsp3) is 0.133. The number of nitro benzene ring substituents is 1. The van der Waals surface area contributed by atoms with Gasteiger partial charge in [-0.3, -0.25) is 10.1 Å². The van der Waals surface area contributed by atoms with Gasteiger partial charge < -0.3 is 15.5 Å². The van der Waals surface area contributed by atoms with Crippen molar-refractivity contribution in [2.24, 2.45) is 0 Å². The highest BCUT2D eigenvalue weighted by Gasteiger charge is 2.20. The second kappa shape index (κ2) is 6.79. The lowest BCUT2D eigenvalue weighted by Gasteiger charge is -2.13. The van der Waals surface area contributed by atoms with E-state index in [0.29, 0.717) is 21.3 Å². The van der Waals surface area contributed by atoms with Gasteiger partial charge in [0.2, 0.25) is 0 Å². The van der Waals surface area contributed by atoms with Gasteiger partial charge in [-0.05, 0) is 5.56 Å². The van der Waals surface area contributed by atoms with Gasteiger partial charge in [-0.2, -0.15) is 0 Å². The van der Waals surface area contributed by atoms with E-state index in [-0.39, 0.29) is 11.5 Å². The second-order valence-corrected chi connectivity index (χ2v) is 5.94. The number of aliphatic hydroxyl groups is 1. The molecule has 9 nitrogen and oxygen atoms in total. The number of non-ortho nitro benzene ring substituents is 1. The van der Waals surface area contributed by atoms with Crippen LogP contribution in [0.4, 0.5) is 11.5 Å². The Bertz CT molecular complexity index is 958. The molecule has 0 saturated heterocycles. The Hall–Kier alpha value is -3.11. The SMILES string of the molecule is O=C(O)C(CO)Nc1ncnc2scc(-c3cccc([N+](=O)[O-])c3)c12. The van der Waals surface area contributed by atoms with Crippen LogP contribution in [0.5, 0.6) is 0 Å². The van der Waals surface area contributed by atoms with Crippen molar-refractivity contribution in [2.45, 2.75) is 6.04 Å². The molecule has 1 aromatic carbocycles. The van der Waals surface area contributed by atoms with Crippen LogP contribution in [0.2, 0.25) is 0 Å². The quantitative estimate of drug-likeness (QED) is 0.449. The summed E-state index contributed by atoms with van der Waals surface area (Å²) in [6, 6.07) is 4.88. The zero-order valence-corrected chi connectivity index (χ0v) is 13.4. The molecule has 0 aliphatic carbocycles. The van der Waals surface area contributed by atoms with Crippen LogP contribution in [0.15, 0.2) is 36.0 Å². The van der Waals surface area contributed by atoms with Crippen LogP contribution in [0, 0.1) is 10.1 Å². The van der Waals surface area contributed by atoms with Crippen molar-refractivity contribution < 1.29 is 19.9 Å². The number of aromatic nitrogens is 2. The fourth-order valence-electron chi connectivity index (χ4n) is 2.33. The van der Waals surface area contributed by atoms with Crippen LogP contribution in [0.3, 0.4) is 0 Å². The van der Waals surface area contributed by atoms with Crippen molar-refractivity contribution in [3.8, 4) is 11.1 Å². The number of nitrogens with one attached hydrogen (secondary N) is 1. The number of carbonyl (C=O) groups is 1. The summed E-state index contributed by atoms with van der Waals surface area (Å²) in [5.41, 5.74) is 1.19. The summed E-state index contributed by atoms with van der Waals surface area (Å²) in [5.74, 6) is -0.976. The zero-order chi connectivity index (χ0) is 18.0. The Morgan fingerprint density at radius 3 is 2.88 bits per heavy atom. The van der Waals surface area contributed by atoms with Crippen LogP contribution in [-0.4, -0.2) is 43.7 Å². The first kappa shape index (κ1) is 16.7. The maximum atomic E-state index is 11.1. The van der Waals surface area contributed by atoms with Crippen LogP contribution in [0.1, 0.15) is 0 Å². The van der Waals surface area contributed by atoms with Crippen molar-refractivity contribution in [1.29, 1.82) is 0 Å². The van der Waals surface area contributed by atoms with Crippen LogP contribution in [-0.2, 0) is 4.79 Å². The number of anilines is 1. The predicted octanol–water partition coefficient (Wildman–Crippen LogP) is 2.12. The van der Waals surface area contributed by atoms with E-state index in [9.17, 15) is 20.0 Å². The molecule has 0 saturated carbocycles. The lowest BCUT2D eigenvalue weighted by atomic mass is 10.1. The number of fused-ring (bicyclic) bond motifs is 1. The highest BCUT2D eigenvalue weighted by Crippen LogP contribution is 2.37. The molecule has 2 heterocycles. The summed E-state index contributed by atoms with van der Waals surface area (Å²) in [6.45, 7) is -0.614. The van der Waals surface area contributed by atoms with Crippen LogP contribution >= 0.6 is 11.3 Å². The highest BCUT2D eigenvalue weighted by atomic mass is 32.1. The van der Waals surface area contributed by atoms with E-state index < -0.39 is 23.5 Å². The number of benzene rings is 1. The number of aliphatic carboxylic acids is 1. The molecule has 3 N–H and O–H groups in total. The predicted molar refractivity (Wildman–Crippen MR) is 91.6 cm³/mol. The molecule has 0 fully saturated rings. The van der Waals surface area contributed by atoms with Gasteiger partial charge in [-0.1, -0.05) is 12.1 Å². The Labute approximate surface area is 144 Å². The number of carboxylic acids is 1. The first-order chi connectivity index (χ1) is 12.0. The molecular formula is C15H12N4O5S. The summed E-state index contributed by atoms with van der Waals surface area (Å²) in [5, 5.41) is 34.3. The third-order valence-electron chi connectivity index (χ3n) is 3.53. The average Bonchev–Trinajstić information content (AvgIpc) is 3.04. The topological polar surface area (TPSA) is 138 Å². The molecule has 0 aliphatic heterocycles. The first-order valence-electron chi connectivity index (χ1n) is 7.08. The average molecular weight is 360 g/mol. The molecule has 1 unspecified atom stereocenters. The molecule has 1 atom stereocenters. The number of carboxylic acid groups (broad SMARTS) is 1. The fourth-order valence-corrected chi connectivity index (χ4v) is 3.25. The normalized spacial score (nSPS) is 12.0. The zero-order valence-electron chi connectivity index (χ0n) is 12.6. The minimum Gasteiger partial charge on any atom is -0.480 e. The lowest BCUT2D eigenvalue weighted by molar-refractivity contribution is -0.384. The summed E-state index contributed by atoms with van der Waals surface area (Å²) in [6.07, 6.45) is 1.29. The molecule has 2 aromatic heterocycles. The van der Waals surface area contributed by atoms with Crippen molar-refractivity contribution >= 4 is 39.0 Å². The van der Waals surface area contributed by atoms with Crippen molar-refractivity contribution in [2.75, 3.05) is 11.9 Å². The van der Waals surface area contributed by atoms with Gasteiger partial charge in [-0.15, -0.1) is 11.3 Å². The number of hydrogen-bond donors (Lipinski definition) is 3. The van der Waals surface area contributed by atoms with Crippen molar-refractivity contribution in [1.82, 2.24) is 9.97 Å². The Morgan fingerprint density at radius 1 is 1.40 bits per heavy atom. The summed E-state index contributed by atoms with van der Waals surface area (Å²) >= 11 is 1.31. The number of rotatable bonds is 6. The van der Waals surface area contributed by atoms with E-state index in [4.69, 9.17) is 5.11 Å². The van der Waals surface area contributed by atoms with E-state index in [2.05, 4.69) is 15.3 Å². The van der Waals surface area contributed by atoms with Crippen molar-refractivity contribution in [3.05, 3.63) is 46.1 Å². The minimum absolute atomic E-state index is 0.0537. The van der Waals surface area contributed by atoms with Gasteiger partial charge in [0, 0.05) is 23.1 Å². The monoisotopic (exact) mass is 360 g/mol. The number of nitrogens with zero attached hydrogens (tertiary/aromatic N) is 3. The van der Waals surface area contributed by atoms with E-state index in [1.807, 2.05) is 0 Å². The molecule has 3 rings (SSSR count). The molecule has 10 heteroatoms. The summed E-state index contributed by atoms with van der Waals surface area (Å²) < 4.78 is 0. The van der Waals surface area contributed by atoms with Crippen molar-refractivity contribution in [3.63, 3.8) is 0 Å². The molecule has 0 spiro atoms. The summed E-state index contributed by atoms with van der Waals surface area (Å²) in [7, 11) is 0. The third kappa shape index (κ3) is 3.25. The lowest BCUT2D eigenvalue weighted by Crippen LogP contribution is -2.33. The third-order valence-corrected chi connectivity index (χ3v) is 4.42. The molecule has 0 aliphatic rings.